The van der Waals surface area contributed by atoms with Crippen LogP contribution in [0.4, 0.5) is 0 Å². The van der Waals surface area contributed by atoms with Crippen molar-refractivity contribution in [1.82, 2.24) is 0 Å². The maximum absolute atomic E-state index is 3.89. The van der Waals surface area contributed by atoms with E-state index < -0.39 is 0 Å². The van der Waals surface area contributed by atoms with Crippen molar-refractivity contribution in [1.29, 1.82) is 0 Å². The molecule has 37 valence electrons. The van der Waals surface area contributed by atoms with E-state index in [-0.39, 0.29) is 22.4 Å². The molecule has 0 amide bonds. The van der Waals surface area contributed by atoms with E-state index in [0.717, 1.165) is 0 Å². The van der Waals surface area contributed by atoms with E-state index in [1.165, 1.54) is 0 Å². The first-order valence-electron chi connectivity index (χ1n) is 1.86. The van der Waals surface area contributed by atoms with E-state index in [1.54, 1.807) is 0 Å². The van der Waals surface area contributed by atoms with Crippen molar-refractivity contribution in [2.24, 2.45) is 0 Å². The molecule has 0 N–H and O–H groups in total. The average Bonchev–Trinajstić information content (AvgIpc) is 1.38. The summed E-state index contributed by atoms with van der Waals surface area (Å²) in [6.07, 6.45) is 0. The van der Waals surface area contributed by atoms with E-state index in [9.17, 15) is 0 Å². The fraction of sp³-hybridized carbons (Fsp3) is 1.00. The first-order chi connectivity index (χ1) is 2.27. The molecular formula is C4H10NTa-. The van der Waals surface area contributed by atoms with Gasteiger partial charge in [-0.05, 0) is 0 Å². The molecule has 0 aliphatic carbocycles. The second-order valence-corrected chi connectivity index (χ2v) is 1.35. The third-order valence-corrected chi connectivity index (χ3v) is 0.516. The summed E-state index contributed by atoms with van der Waals surface area (Å²) in [6.45, 7) is 4.11. The summed E-state index contributed by atoms with van der Waals surface area (Å²) in [5.41, 5.74) is 0. The minimum Gasteiger partial charge on any atom is -0.663 e. The van der Waals surface area contributed by atoms with E-state index >= 15 is 0 Å². The average molecular weight is 253 g/mol. The molecule has 6 heavy (non-hydrogen) atoms. The molecular weight excluding hydrogens is 243 g/mol. The quantitative estimate of drug-likeness (QED) is 0.670. The Kier molecular flexibility index (Phi) is 9.36. The Bertz CT molecular complexity index is 21.5. The van der Waals surface area contributed by atoms with E-state index in [2.05, 4.69) is 19.2 Å². The molecule has 2 heteroatoms. The fourth-order valence-electron chi connectivity index (χ4n) is 0. The van der Waals surface area contributed by atoms with Gasteiger partial charge in [-0.1, -0.05) is 13.8 Å². The van der Waals surface area contributed by atoms with Gasteiger partial charge in [-0.15, -0.1) is 6.04 Å². The van der Waals surface area contributed by atoms with Crippen LogP contribution >= 0.6 is 0 Å². The maximum Gasteiger partial charge on any atom is 0 e. The van der Waals surface area contributed by atoms with Crippen LogP contribution in [-0.4, -0.2) is 13.1 Å². The van der Waals surface area contributed by atoms with Crippen LogP contribution in [0.25, 0.3) is 5.32 Å². The zero-order chi connectivity index (χ0) is 4.28. The molecule has 0 saturated carbocycles. The zero-order valence-corrected chi connectivity index (χ0v) is 7.69. The van der Waals surface area contributed by atoms with Crippen LogP contribution in [0.3, 0.4) is 0 Å². The van der Waals surface area contributed by atoms with Crippen molar-refractivity contribution in [3.05, 3.63) is 5.32 Å². The summed E-state index contributed by atoms with van der Waals surface area (Å²) < 4.78 is 0. The van der Waals surface area contributed by atoms with Crippen LogP contribution in [0.5, 0.6) is 0 Å². The van der Waals surface area contributed by atoms with E-state index in [0.29, 0.717) is 6.04 Å². The monoisotopic (exact) mass is 253 g/mol. The predicted molar refractivity (Wildman–Crippen MR) is 24.4 cm³/mol. The topological polar surface area (TPSA) is 14.1 Å². The third-order valence-electron chi connectivity index (χ3n) is 0.516. The van der Waals surface area contributed by atoms with Crippen molar-refractivity contribution in [3.63, 3.8) is 0 Å². The van der Waals surface area contributed by atoms with Gasteiger partial charge in [-0.3, -0.25) is 0 Å². The Morgan fingerprint density at radius 1 is 1.33 bits per heavy atom. The van der Waals surface area contributed by atoms with Crippen LogP contribution in [0.15, 0.2) is 0 Å². The molecule has 0 spiro atoms. The van der Waals surface area contributed by atoms with E-state index in [1.807, 2.05) is 7.05 Å². The van der Waals surface area contributed by atoms with Crippen molar-refractivity contribution < 1.29 is 22.4 Å². The van der Waals surface area contributed by atoms with Gasteiger partial charge in [0.15, 0.2) is 0 Å². The molecule has 1 nitrogen and oxygen atoms in total. The molecule has 0 bridgehead atoms. The van der Waals surface area contributed by atoms with Crippen molar-refractivity contribution in [2.75, 3.05) is 7.05 Å². The Hall–Kier alpha value is 0.700. The Balaban J connectivity index is 0. The number of nitrogens with zero attached hydrogens (tertiary/aromatic N) is 1. The maximum atomic E-state index is 3.89. The summed E-state index contributed by atoms with van der Waals surface area (Å²) in [4.78, 5) is 0. The van der Waals surface area contributed by atoms with Crippen molar-refractivity contribution >= 4 is 0 Å². The van der Waals surface area contributed by atoms with Crippen LogP contribution in [0.2, 0.25) is 0 Å². The summed E-state index contributed by atoms with van der Waals surface area (Å²) in [7, 11) is 1.82. The predicted octanol–water partition coefficient (Wildman–Crippen LogP) is 1.40. The van der Waals surface area contributed by atoms with Gasteiger partial charge in [0.1, 0.15) is 0 Å². The van der Waals surface area contributed by atoms with Crippen LogP contribution in [-0.2, 0) is 22.4 Å². The van der Waals surface area contributed by atoms with Gasteiger partial charge < -0.3 is 5.32 Å². The Morgan fingerprint density at radius 3 is 1.50 bits per heavy atom. The molecule has 0 rings (SSSR count). The molecule has 0 fully saturated rings. The molecule has 0 aliphatic heterocycles. The van der Waals surface area contributed by atoms with Gasteiger partial charge in [-0.25, -0.2) is 0 Å². The molecule has 0 aromatic carbocycles. The minimum atomic E-state index is 0. The second-order valence-electron chi connectivity index (χ2n) is 1.35. The fourth-order valence-corrected chi connectivity index (χ4v) is 0. The molecule has 0 aromatic rings. The second kappa shape index (κ2) is 5.70. The molecule has 1 radical (unpaired) electrons. The molecule has 0 heterocycles. The first-order valence-corrected chi connectivity index (χ1v) is 1.86. The van der Waals surface area contributed by atoms with Gasteiger partial charge in [0, 0.05) is 22.4 Å². The SMILES string of the molecule is C[N-]C(C)C.[Ta]. The Labute approximate surface area is 55.0 Å². The molecule has 0 saturated heterocycles. The molecule has 0 unspecified atom stereocenters. The van der Waals surface area contributed by atoms with E-state index in [4.69, 9.17) is 0 Å². The normalized spacial score (nSPS) is 8.00. The van der Waals surface area contributed by atoms with Gasteiger partial charge in [0.2, 0.25) is 0 Å². The standard InChI is InChI=1S/C4H10N.Ta/c1-4(2)5-3;/h4H,1-3H3;/q-1;. The zero-order valence-electron chi connectivity index (χ0n) is 4.47. The summed E-state index contributed by atoms with van der Waals surface area (Å²) in [5.74, 6) is 0. The van der Waals surface area contributed by atoms with Gasteiger partial charge in [0.25, 0.3) is 0 Å². The summed E-state index contributed by atoms with van der Waals surface area (Å²) >= 11 is 0. The van der Waals surface area contributed by atoms with Crippen LogP contribution in [0.1, 0.15) is 13.8 Å². The largest absolute Gasteiger partial charge is 0.663 e. The minimum absolute atomic E-state index is 0. The van der Waals surface area contributed by atoms with Crippen LogP contribution < -0.4 is 0 Å². The molecule has 0 aliphatic rings. The summed E-state index contributed by atoms with van der Waals surface area (Å²) in [6, 6.07) is 0.509. The van der Waals surface area contributed by atoms with Gasteiger partial charge in [0.05, 0.1) is 0 Å². The number of hydrogen-bond donors (Lipinski definition) is 0. The first kappa shape index (κ1) is 9.85. The van der Waals surface area contributed by atoms with Gasteiger partial charge in [-0.2, -0.15) is 7.05 Å². The molecule has 0 atom stereocenters. The van der Waals surface area contributed by atoms with Crippen LogP contribution in [0, 0.1) is 0 Å². The third kappa shape index (κ3) is 8.83. The Morgan fingerprint density at radius 2 is 1.50 bits per heavy atom. The van der Waals surface area contributed by atoms with Gasteiger partial charge >= 0.3 is 0 Å². The van der Waals surface area contributed by atoms with Crippen molar-refractivity contribution in [3.8, 4) is 0 Å². The molecule has 0 aromatic heterocycles. The number of hydrogen-bond acceptors (Lipinski definition) is 0. The van der Waals surface area contributed by atoms with Crippen molar-refractivity contribution in [2.45, 2.75) is 19.9 Å². The number of rotatable bonds is 1. The smallest absolute Gasteiger partial charge is 0 e. The summed E-state index contributed by atoms with van der Waals surface area (Å²) in [5, 5.41) is 3.89.